The molecule has 0 atom stereocenters. The highest BCUT2D eigenvalue weighted by molar-refractivity contribution is 7.90. The first kappa shape index (κ1) is 14.5. The Morgan fingerprint density at radius 2 is 2.00 bits per heavy atom. The van der Waals surface area contributed by atoms with Gasteiger partial charge in [0.1, 0.15) is 6.54 Å². The van der Waals surface area contributed by atoms with Gasteiger partial charge in [0.2, 0.25) is 15.0 Å². The van der Waals surface area contributed by atoms with Crippen LogP contribution in [0.3, 0.4) is 0 Å². The second kappa shape index (κ2) is 5.24. The Hall–Kier alpha value is -1.89. The van der Waals surface area contributed by atoms with Crippen LogP contribution in [0, 0.1) is 0 Å². The summed E-state index contributed by atoms with van der Waals surface area (Å²) in [5.74, 6) is -0.493. The van der Waals surface area contributed by atoms with E-state index in [4.69, 9.17) is 4.74 Å². The molecule has 1 aromatic carbocycles. The number of rotatable bonds is 4. The van der Waals surface area contributed by atoms with Crippen molar-refractivity contribution in [1.82, 2.24) is 9.55 Å². The molecule has 1 aromatic heterocycles. The molecule has 2 rings (SSSR count). The Labute approximate surface area is 117 Å². The first-order chi connectivity index (χ1) is 9.29. The van der Waals surface area contributed by atoms with Crippen LogP contribution in [0.15, 0.2) is 29.4 Å². The zero-order valence-electron chi connectivity index (χ0n) is 11.5. The fourth-order valence-electron chi connectivity index (χ4n) is 1.92. The van der Waals surface area contributed by atoms with Crippen molar-refractivity contribution in [2.24, 2.45) is 0 Å². The van der Waals surface area contributed by atoms with Crippen molar-refractivity contribution in [3.05, 3.63) is 24.3 Å². The molecule has 0 fully saturated rings. The van der Waals surface area contributed by atoms with E-state index in [1.54, 1.807) is 38.1 Å². The lowest BCUT2D eigenvalue weighted by Gasteiger charge is -2.10. The summed E-state index contributed by atoms with van der Waals surface area (Å²) < 4.78 is 30.0. The summed E-state index contributed by atoms with van der Waals surface area (Å²) in [4.78, 5) is 15.9. The zero-order chi connectivity index (χ0) is 14.9. The normalized spacial score (nSPS) is 12.0. The number of fused-ring (bicyclic) bond motifs is 1. The van der Waals surface area contributed by atoms with E-state index < -0.39 is 15.8 Å². The molecule has 1 heterocycles. The van der Waals surface area contributed by atoms with E-state index in [9.17, 15) is 13.2 Å². The van der Waals surface area contributed by atoms with E-state index in [0.29, 0.717) is 11.0 Å². The van der Waals surface area contributed by atoms with Gasteiger partial charge in [-0.3, -0.25) is 4.79 Å². The van der Waals surface area contributed by atoms with Gasteiger partial charge in [-0.1, -0.05) is 12.1 Å². The minimum Gasteiger partial charge on any atom is -0.462 e. The maximum atomic E-state index is 11.8. The smallest absolute Gasteiger partial charge is 0.326 e. The number of hydrogen-bond acceptors (Lipinski definition) is 5. The second-order valence-corrected chi connectivity index (χ2v) is 6.69. The third-order valence-electron chi connectivity index (χ3n) is 2.61. The predicted octanol–water partition coefficient (Wildman–Crippen LogP) is 1.39. The molecule has 0 saturated heterocycles. The van der Waals surface area contributed by atoms with Crippen LogP contribution in [0.25, 0.3) is 11.0 Å². The van der Waals surface area contributed by atoms with Gasteiger partial charge in [-0.15, -0.1) is 0 Å². The van der Waals surface area contributed by atoms with Gasteiger partial charge in [0, 0.05) is 6.26 Å². The van der Waals surface area contributed by atoms with Crippen LogP contribution in [-0.2, 0) is 25.9 Å². The Bertz CT molecular complexity index is 747. The van der Waals surface area contributed by atoms with E-state index in [0.717, 1.165) is 6.26 Å². The van der Waals surface area contributed by atoms with Crippen LogP contribution in [0.1, 0.15) is 13.8 Å². The SMILES string of the molecule is CC(C)OC(=O)Cn1c(S(C)(=O)=O)nc2ccccc21. The lowest BCUT2D eigenvalue weighted by molar-refractivity contribution is -0.148. The number of carbonyl (C=O) groups is 1. The van der Waals surface area contributed by atoms with Gasteiger partial charge in [-0.05, 0) is 26.0 Å². The molecule has 0 aliphatic carbocycles. The highest BCUT2D eigenvalue weighted by atomic mass is 32.2. The summed E-state index contributed by atoms with van der Waals surface area (Å²) in [6.45, 7) is 3.30. The highest BCUT2D eigenvalue weighted by Gasteiger charge is 2.21. The van der Waals surface area contributed by atoms with Crippen molar-refractivity contribution < 1.29 is 17.9 Å². The number of para-hydroxylation sites is 2. The van der Waals surface area contributed by atoms with Gasteiger partial charge in [0.25, 0.3) is 0 Å². The Balaban J connectivity index is 2.52. The maximum Gasteiger partial charge on any atom is 0.326 e. The minimum absolute atomic E-state index is 0.126. The molecule has 0 amide bonds. The molecule has 0 unspecified atom stereocenters. The van der Waals surface area contributed by atoms with E-state index in [1.807, 2.05) is 0 Å². The average Bonchev–Trinajstić information content (AvgIpc) is 2.67. The average molecular weight is 296 g/mol. The summed E-state index contributed by atoms with van der Waals surface area (Å²) >= 11 is 0. The van der Waals surface area contributed by atoms with Crippen LogP contribution in [0.2, 0.25) is 0 Å². The number of carbonyl (C=O) groups excluding carboxylic acids is 1. The number of aromatic nitrogens is 2. The molecule has 7 heteroatoms. The van der Waals surface area contributed by atoms with E-state index >= 15 is 0 Å². The molecular weight excluding hydrogens is 280 g/mol. The van der Waals surface area contributed by atoms with Crippen molar-refractivity contribution in [2.45, 2.75) is 31.7 Å². The lowest BCUT2D eigenvalue weighted by atomic mass is 10.3. The molecule has 0 aliphatic heterocycles. The molecule has 20 heavy (non-hydrogen) atoms. The van der Waals surface area contributed by atoms with Crippen molar-refractivity contribution in [2.75, 3.05) is 6.26 Å². The third kappa shape index (κ3) is 2.98. The van der Waals surface area contributed by atoms with Gasteiger partial charge >= 0.3 is 5.97 Å². The maximum absolute atomic E-state index is 11.8. The number of imidazole rings is 1. The zero-order valence-corrected chi connectivity index (χ0v) is 12.3. The van der Waals surface area contributed by atoms with Gasteiger partial charge in [-0.25, -0.2) is 13.4 Å². The van der Waals surface area contributed by atoms with E-state index in [2.05, 4.69) is 4.98 Å². The lowest BCUT2D eigenvalue weighted by Crippen LogP contribution is -2.20. The van der Waals surface area contributed by atoms with Crippen molar-refractivity contribution in [3.63, 3.8) is 0 Å². The topological polar surface area (TPSA) is 78.3 Å². The summed E-state index contributed by atoms with van der Waals surface area (Å²) in [5, 5.41) is -0.126. The number of benzene rings is 1. The Kier molecular flexibility index (Phi) is 3.80. The van der Waals surface area contributed by atoms with Crippen molar-refractivity contribution >= 4 is 26.8 Å². The molecule has 6 nitrogen and oxygen atoms in total. The predicted molar refractivity (Wildman–Crippen MR) is 74.1 cm³/mol. The first-order valence-corrected chi connectivity index (χ1v) is 8.03. The summed E-state index contributed by atoms with van der Waals surface area (Å²) in [6.07, 6.45) is 0.817. The summed E-state index contributed by atoms with van der Waals surface area (Å²) in [7, 11) is -3.53. The molecule has 0 N–H and O–H groups in total. The quantitative estimate of drug-likeness (QED) is 0.797. The molecule has 0 radical (unpaired) electrons. The van der Waals surface area contributed by atoms with Crippen LogP contribution >= 0.6 is 0 Å². The highest BCUT2D eigenvalue weighted by Crippen LogP contribution is 2.19. The van der Waals surface area contributed by atoms with Crippen LogP contribution in [0.5, 0.6) is 0 Å². The third-order valence-corrected chi connectivity index (χ3v) is 3.58. The van der Waals surface area contributed by atoms with Crippen LogP contribution in [0.4, 0.5) is 0 Å². The molecule has 108 valence electrons. The van der Waals surface area contributed by atoms with Crippen LogP contribution in [-0.4, -0.2) is 36.3 Å². The van der Waals surface area contributed by atoms with E-state index in [1.165, 1.54) is 4.57 Å². The fraction of sp³-hybridized carbons (Fsp3) is 0.385. The molecule has 2 aromatic rings. The number of nitrogens with zero attached hydrogens (tertiary/aromatic N) is 2. The number of sulfone groups is 1. The van der Waals surface area contributed by atoms with Crippen molar-refractivity contribution in [1.29, 1.82) is 0 Å². The number of esters is 1. The molecule has 0 aliphatic rings. The Morgan fingerprint density at radius 3 is 2.60 bits per heavy atom. The molecular formula is C13H16N2O4S. The van der Waals surface area contributed by atoms with Gasteiger partial charge in [0.05, 0.1) is 17.1 Å². The standard InChI is InChI=1S/C13H16N2O4S/c1-9(2)19-12(16)8-15-11-7-5-4-6-10(11)14-13(15)20(3,17)18/h4-7,9H,8H2,1-3H3. The van der Waals surface area contributed by atoms with Crippen LogP contribution < -0.4 is 0 Å². The van der Waals surface area contributed by atoms with Crippen molar-refractivity contribution in [3.8, 4) is 0 Å². The molecule has 0 bridgehead atoms. The molecule has 0 saturated carbocycles. The summed E-state index contributed by atoms with van der Waals surface area (Å²) in [5.41, 5.74) is 1.12. The largest absolute Gasteiger partial charge is 0.462 e. The Morgan fingerprint density at radius 1 is 1.35 bits per heavy atom. The van der Waals surface area contributed by atoms with Gasteiger partial charge in [-0.2, -0.15) is 0 Å². The van der Waals surface area contributed by atoms with Gasteiger partial charge in [0.15, 0.2) is 0 Å². The van der Waals surface area contributed by atoms with Gasteiger partial charge < -0.3 is 9.30 Å². The second-order valence-electron chi connectivity index (χ2n) is 4.78. The first-order valence-electron chi connectivity index (χ1n) is 6.14. The van der Waals surface area contributed by atoms with E-state index in [-0.39, 0.29) is 17.8 Å². The number of ether oxygens (including phenoxy) is 1. The fourth-order valence-corrected chi connectivity index (χ4v) is 2.75. The number of hydrogen-bond donors (Lipinski definition) is 0. The monoisotopic (exact) mass is 296 g/mol. The molecule has 0 spiro atoms. The minimum atomic E-state index is -3.53. The summed E-state index contributed by atoms with van der Waals surface area (Å²) in [6, 6.07) is 6.95.